The molecule has 0 rings (SSSR count). The van der Waals surface area contributed by atoms with Crippen LogP contribution in [0.25, 0.3) is 0 Å². The van der Waals surface area contributed by atoms with Gasteiger partial charge >= 0.3 is 0 Å². The maximum absolute atomic E-state index is 4.82. The van der Waals surface area contributed by atoms with Gasteiger partial charge in [0, 0.05) is 7.05 Å². The first kappa shape index (κ1) is 8.92. The van der Waals surface area contributed by atoms with Crippen molar-refractivity contribution in [1.29, 1.82) is 0 Å². The van der Waals surface area contributed by atoms with Crippen molar-refractivity contribution in [2.24, 2.45) is 0 Å². The van der Waals surface area contributed by atoms with Crippen LogP contribution in [-0.2, 0) is 4.84 Å². The molecule has 2 heteroatoms. The predicted molar refractivity (Wildman–Crippen MR) is 38.6 cm³/mol. The summed E-state index contributed by atoms with van der Waals surface area (Å²) < 4.78 is 0. The molecule has 1 radical (unpaired) electrons. The van der Waals surface area contributed by atoms with Crippen LogP contribution < -0.4 is 5.48 Å². The molecule has 0 atom stereocenters. The van der Waals surface area contributed by atoms with Gasteiger partial charge in [-0.1, -0.05) is 26.2 Å². The fraction of sp³-hybridized carbons (Fsp3) is 0.857. The fourth-order valence-corrected chi connectivity index (χ4v) is 0.673. The minimum absolute atomic E-state index is 0.781. The van der Waals surface area contributed by atoms with Crippen LogP contribution in [0.1, 0.15) is 32.6 Å². The van der Waals surface area contributed by atoms with E-state index in [1.165, 1.54) is 19.3 Å². The Balaban J connectivity index is 2.60. The molecule has 0 saturated carbocycles. The van der Waals surface area contributed by atoms with Crippen molar-refractivity contribution < 1.29 is 4.84 Å². The van der Waals surface area contributed by atoms with E-state index in [0.717, 1.165) is 13.0 Å². The van der Waals surface area contributed by atoms with Gasteiger partial charge in [0.1, 0.15) is 0 Å². The molecular weight excluding hydrogens is 114 g/mol. The van der Waals surface area contributed by atoms with Crippen molar-refractivity contribution in [3.05, 3.63) is 7.05 Å². The van der Waals surface area contributed by atoms with E-state index in [4.69, 9.17) is 4.84 Å². The zero-order valence-electron chi connectivity index (χ0n) is 6.15. The maximum Gasteiger partial charge on any atom is 0.0682 e. The van der Waals surface area contributed by atoms with E-state index in [9.17, 15) is 0 Å². The molecule has 0 fully saturated rings. The number of rotatable bonds is 6. The number of unbranched alkanes of at least 4 members (excludes halogenated alkanes) is 3. The highest BCUT2D eigenvalue weighted by Gasteiger charge is 1.85. The molecule has 9 heavy (non-hydrogen) atoms. The molecule has 2 nitrogen and oxygen atoms in total. The molecule has 0 aromatic carbocycles. The monoisotopic (exact) mass is 130 g/mol. The van der Waals surface area contributed by atoms with Gasteiger partial charge in [0.2, 0.25) is 0 Å². The molecule has 0 amide bonds. The van der Waals surface area contributed by atoms with Crippen LogP contribution in [0.5, 0.6) is 0 Å². The van der Waals surface area contributed by atoms with Crippen LogP contribution in [0.2, 0.25) is 0 Å². The quantitative estimate of drug-likeness (QED) is 0.438. The van der Waals surface area contributed by atoms with Gasteiger partial charge in [-0.3, -0.25) is 0 Å². The first-order valence-electron chi connectivity index (χ1n) is 3.55. The van der Waals surface area contributed by atoms with Gasteiger partial charge in [-0.05, 0) is 6.42 Å². The van der Waals surface area contributed by atoms with Crippen LogP contribution in [-0.4, -0.2) is 6.61 Å². The second-order valence-electron chi connectivity index (χ2n) is 2.05. The van der Waals surface area contributed by atoms with E-state index in [2.05, 4.69) is 19.5 Å². The minimum atomic E-state index is 0.781. The molecule has 0 aromatic rings. The molecule has 0 aliphatic rings. The van der Waals surface area contributed by atoms with Crippen molar-refractivity contribution in [2.45, 2.75) is 32.6 Å². The first-order valence-corrected chi connectivity index (χ1v) is 3.55. The Labute approximate surface area is 57.5 Å². The maximum atomic E-state index is 4.82. The average molecular weight is 130 g/mol. The SMILES string of the molecule is [CH2]NOCCCCCC. The highest BCUT2D eigenvalue weighted by Crippen LogP contribution is 1.97. The number of nitrogens with one attached hydrogen (secondary N) is 1. The summed E-state index contributed by atoms with van der Waals surface area (Å²) in [6, 6.07) is 0. The van der Waals surface area contributed by atoms with Crippen LogP contribution in [0.4, 0.5) is 0 Å². The molecule has 0 bridgehead atoms. The van der Waals surface area contributed by atoms with Gasteiger partial charge in [-0.25, -0.2) is 5.48 Å². The fourth-order valence-electron chi connectivity index (χ4n) is 0.673. The number of hydrogen-bond acceptors (Lipinski definition) is 2. The Hall–Kier alpha value is -0.0800. The summed E-state index contributed by atoms with van der Waals surface area (Å²) in [5.41, 5.74) is 2.39. The van der Waals surface area contributed by atoms with Gasteiger partial charge in [-0.15, -0.1) is 0 Å². The summed E-state index contributed by atoms with van der Waals surface area (Å²) in [5.74, 6) is 0. The van der Waals surface area contributed by atoms with Crippen molar-refractivity contribution in [3.8, 4) is 0 Å². The average Bonchev–Trinajstić information content (AvgIpc) is 1.89. The van der Waals surface area contributed by atoms with Gasteiger partial charge in [0.05, 0.1) is 6.61 Å². The van der Waals surface area contributed by atoms with Crippen molar-refractivity contribution in [2.75, 3.05) is 6.61 Å². The molecule has 0 aromatic heterocycles. The van der Waals surface area contributed by atoms with E-state index in [1.807, 2.05) is 0 Å². The van der Waals surface area contributed by atoms with Crippen molar-refractivity contribution >= 4 is 0 Å². The van der Waals surface area contributed by atoms with E-state index < -0.39 is 0 Å². The Kier molecular flexibility index (Phi) is 7.85. The van der Waals surface area contributed by atoms with Gasteiger partial charge in [0.15, 0.2) is 0 Å². The van der Waals surface area contributed by atoms with E-state index in [0.29, 0.717) is 0 Å². The van der Waals surface area contributed by atoms with Gasteiger partial charge in [0.25, 0.3) is 0 Å². The zero-order valence-corrected chi connectivity index (χ0v) is 6.15. The Bertz CT molecular complexity index is 42.2. The Morgan fingerprint density at radius 1 is 1.33 bits per heavy atom. The normalized spacial score (nSPS) is 10.0. The molecule has 0 spiro atoms. The third-order valence-electron chi connectivity index (χ3n) is 1.20. The second-order valence-corrected chi connectivity index (χ2v) is 2.05. The van der Waals surface area contributed by atoms with Crippen LogP contribution in [0.3, 0.4) is 0 Å². The zero-order chi connectivity index (χ0) is 6.95. The predicted octanol–water partition coefficient (Wildman–Crippen LogP) is 1.88. The standard InChI is InChI=1S/C7H16NO/c1-3-4-5-6-7-9-8-2/h8H,2-7H2,1H3. The third-order valence-corrected chi connectivity index (χ3v) is 1.20. The van der Waals surface area contributed by atoms with Gasteiger partial charge < -0.3 is 4.84 Å². The summed E-state index contributed by atoms with van der Waals surface area (Å²) in [5, 5.41) is 0. The molecular formula is C7H16NO. The van der Waals surface area contributed by atoms with Crippen LogP contribution >= 0.6 is 0 Å². The highest BCUT2D eigenvalue weighted by molar-refractivity contribution is 4.37. The molecule has 0 aliphatic heterocycles. The summed E-state index contributed by atoms with van der Waals surface area (Å²) in [7, 11) is 3.33. The first-order chi connectivity index (χ1) is 4.41. The lowest BCUT2D eigenvalue weighted by Crippen LogP contribution is -2.05. The lowest BCUT2D eigenvalue weighted by molar-refractivity contribution is 0.0661. The largest absolute Gasteiger partial charge is 0.302 e. The van der Waals surface area contributed by atoms with E-state index in [1.54, 1.807) is 0 Å². The van der Waals surface area contributed by atoms with E-state index in [-0.39, 0.29) is 0 Å². The van der Waals surface area contributed by atoms with Crippen molar-refractivity contribution in [3.63, 3.8) is 0 Å². The number of hydrogen-bond donors (Lipinski definition) is 1. The summed E-state index contributed by atoms with van der Waals surface area (Å²) in [6.45, 7) is 2.98. The summed E-state index contributed by atoms with van der Waals surface area (Å²) in [4.78, 5) is 4.82. The summed E-state index contributed by atoms with van der Waals surface area (Å²) in [6.07, 6.45) is 4.98. The van der Waals surface area contributed by atoms with E-state index >= 15 is 0 Å². The Morgan fingerprint density at radius 2 is 2.11 bits per heavy atom. The van der Waals surface area contributed by atoms with Crippen LogP contribution in [0, 0.1) is 7.05 Å². The minimum Gasteiger partial charge on any atom is -0.302 e. The lowest BCUT2D eigenvalue weighted by Gasteiger charge is -1.98. The molecule has 0 aliphatic carbocycles. The number of hydroxylamine groups is 1. The Morgan fingerprint density at radius 3 is 2.67 bits per heavy atom. The molecule has 0 unspecified atom stereocenters. The molecule has 0 heterocycles. The van der Waals surface area contributed by atoms with Gasteiger partial charge in [-0.2, -0.15) is 0 Å². The smallest absolute Gasteiger partial charge is 0.0682 e. The third kappa shape index (κ3) is 7.92. The summed E-state index contributed by atoms with van der Waals surface area (Å²) >= 11 is 0. The lowest BCUT2D eigenvalue weighted by atomic mass is 10.2. The topological polar surface area (TPSA) is 21.3 Å². The van der Waals surface area contributed by atoms with Crippen molar-refractivity contribution in [1.82, 2.24) is 5.48 Å². The second kappa shape index (κ2) is 7.92. The molecule has 55 valence electrons. The molecule has 0 saturated heterocycles. The highest BCUT2D eigenvalue weighted by atomic mass is 16.6. The van der Waals surface area contributed by atoms with Crippen LogP contribution in [0.15, 0.2) is 0 Å². The molecule has 1 N–H and O–H groups in total.